The van der Waals surface area contributed by atoms with Gasteiger partial charge in [0, 0.05) is 85.7 Å². The number of rotatable bonds is 10. The van der Waals surface area contributed by atoms with E-state index in [1.165, 1.54) is 0 Å². The summed E-state index contributed by atoms with van der Waals surface area (Å²) in [4.78, 5) is 60.5. The summed E-state index contributed by atoms with van der Waals surface area (Å²) >= 11 is 0. The number of hydrogen-bond donors (Lipinski definition) is 6. The van der Waals surface area contributed by atoms with Gasteiger partial charge in [-0.15, -0.1) is 0 Å². The summed E-state index contributed by atoms with van der Waals surface area (Å²) in [6.45, 7) is 22.7. The molecule has 2 bridgehead atoms. The zero-order valence-electron chi connectivity index (χ0n) is 48.4. The van der Waals surface area contributed by atoms with Gasteiger partial charge in [-0.25, -0.2) is 0 Å². The summed E-state index contributed by atoms with van der Waals surface area (Å²) in [5.41, 5.74) is -1.35. The third-order valence-corrected chi connectivity index (χ3v) is 20.5. The van der Waals surface area contributed by atoms with Crippen molar-refractivity contribution >= 4 is 23.3 Å². The molecule has 8 aliphatic rings. The molecular weight excluding hydrogens is 1000 g/mol. The van der Waals surface area contributed by atoms with Gasteiger partial charge in [-0.1, -0.05) is 89.8 Å². The first-order chi connectivity index (χ1) is 36.8. The fourth-order valence-corrected chi connectivity index (χ4v) is 16.2. The number of ketones is 3. The van der Waals surface area contributed by atoms with Crippen LogP contribution in [0.3, 0.4) is 0 Å². The second-order valence-electron chi connectivity index (χ2n) is 25.7. The van der Waals surface area contributed by atoms with E-state index in [2.05, 4.69) is 26.0 Å². The summed E-state index contributed by atoms with van der Waals surface area (Å²) in [6, 6.07) is 0. The lowest BCUT2D eigenvalue weighted by molar-refractivity contribution is -0.333. The maximum atomic E-state index is 16.2. The molecule has 17 heteroatoms. The minimum Gasteiger partial charge on any atom is -0.449 e. The fourth-order valence-electron chi connectivity index (χ4n) is 16.2. The quantitative estimate of drug-likeness (QED) is 0.0804. The molecule has 0 aromatic carbocycles. The number of ether oxygens (including phenoxy) is 7. The van der Waals surface area contributed by atoms with Gasteiger partial charge in [0.05, 0.1) is 48.8 Å². The van der Waals surface area contributed by atoms with E-state index in [0.29, 0.717) is 32.1 Å². The third kappa shape index (κ3) is 11.1. The van der Waals surface area contributed by atoms with Gasteiger partial charge in [-0.3, -0.25) is 19.2 Å². The number of carbonyl (C=O) groups is 4. The molecule has 6 N–H and O–H groups in total. The Morgan fingerprint density at radius 2 is 1.31 bits per heavy atom. The maximum Gasteiger partial charge on any atom is 0.325 e. The van der Waals surface area contributed by atoms with Crippen molar-refractivity contribution < 1.29 is 83.0 Å². The molecule has 26 unspecified atom stereocenters. The van der Waals surface area contributed by atoms with E-state index in [0.717, 1.165) is 16.7 Å². The Bertz CT molecular complexity index is 2260. The first-order valence-electron chi connectivity index (χ1n) is 29.6. The molecule has 440 valence electrons. The van der Waals surface area contributed by atoms with Crippen LogP contribution in [0.25, 0.3) is 0 Å². The lowest BCUT2D eigenvalue weighted by Crippen LogP contribution is -2.61. The van der Waals surface area contributed by atoms with Gasteiger partial charge in [-0.2, -0.15) is 0 Å². The van der Waals surface area contributed by atoms with E-state index in [-0.39, 0.29) is 75.3 Å². The minimum atomic E-state index is -1.72. The number of Topliss-reactive ketones (excluding diaryl/α,β-unsaturated/α-hetero) is 3. The van der Waals surface area contributed by atoms with E-state index < -0.39 is 155 Å². The molecule has 0 radical (unpaired) electrons. The normalized spacial score (nSPS) is 48.8. The number of allylic oxidation sites excluding steroid dienone is 3. The molecule has 26 atom stereocenters. The Balaban J connectivity index is 1.09. The van der Waals surface area contributed by atoms with Crippen LogP contribution in [0.5, 0.6) is 0 Å². The van der Waals surface area contributed by atoms with Crippen molar-refractivity contribution in [2.24, 2.45) is 70.0 Å². The summed E-state index contributed by atoms with van der Waals surface area (Å²) < 4.78 is 44.9. The van der Waals surface area contributed by atoms with Gasteiger partial charge in [-0.05, 0) is 90.4 Å². The molecule has 8 rings (SSSR count). The van der Waals surface area contributed by atoms with E-state index in [1.54, 1.807) is 13.8 Å². The number of fused-ring (bicyclic) bond motifs is 4. The molecule has 0 aromatic rings. The average Bonchev–Trinajstić information content (AvgIpc) is 3.88. The van der Waals surface area contributed by atoms with E-state index in [9.17, 15) is 40.2 Å². The summed E-state index contributed by atoms with van der Waals surface area (Å²) in [5, 5.41) is 65.9. The van der Waals surface area contributed by atoms with Crippen LogP contribution in [0, 0.1) is 70.0 Å². The maximum absolute atomic E-state index is 16.2. The molecule has 0 aromatic heterocycles. The van der Waals surface area contributed by atoms with Crippen molar-refractivity contribution in [3.63, 3.8) is 0 Å². The molecule has 0 amide bonds. The largest absolute Gasteiger partial charge is 0.449 e. The SMILES string of the molecule is CCC1=CC(CO)CC(C)C(OC2CC(O)C(OC3CC(CO)C(OC4CC(O)C(O)C(C)O4)C(C)O3)C(C)O2)C(C)CCCC2(C)C=C(C)C(C)CC23OC(=O)C(C(=O)C2(CC)C1C(C)=CC1C(O)CC(=O)C(C)C12)C3=O. The monoisotopic (exact) mass is 1100 g/mol. The van der Waals surface area contributed by atoms with Crippen molar-refractivity contribution in [2.75, 3.05) is 13.2 Å². The third-order valence-electron chi connectivity index (χ3n) is 20.5. The Labute approximate surface area is 462 Å². The number of esters is 1. The Morgan fingerprint density at radius 1 is 0.692 bits per heavy atom. The number of hydrogen-bond acceptors (Lipinski definition) is 17. The number of aliphatic hydroxyl groups excluding tert-OH is 6. The minimum absolute atomic E-state index is 0.0584. The van der Waals surface area contributed by atoms with Gasteiger partial charge in [0.1, 0.15) is 18.0 Å². The molecule has 17 nitrogen and oxygen atoms in total. The molecule has 78 heavy (non-hydrogen) atoms. The van der Waals surface area contributed by atoms with Crippen molar-refractivity contribution in [1.82, 2.24) is 0 Å². The lowest BCUT2D eigenvalue weighted by Gasteiger charge is -2.56. The molecule has 4 heterocycles. The highest BCUT2D eigenvalue weighted by Crippen LogP contribution is 2.62. The lowest BCUT2D eigenvalue weighted by atomic mass is 9.45. The highest BCUT2D eigenvalue weighted by molar-refractivity contribution is 6.25. The van der Waals surface area contributed by atoms with Crippen LogP contribution < -0.4 is 0 Å². The smallest absolute Gasteiger partial charge is 0.325 e. The van der Waals surface area contributed by atoms with Crippen LogP contribution in [0.15, 0.2) is 34.9 Å². The molecule has 4 saturated heterocycles. The van der Waals surface area contributed by atoms with Crippen molar-refractivity contribution in [2.45, 2.75) is 239 Å². The van der Waals surface area contributed by atoms with Crippen molar-refractivity contribution in [3.8, 4) is 0 Å². The molecule has 1 saturated carbocycles. The van der Waals surface area contributed by atoms with Crippen LogP contribution in [-0.4, -0.2) is 153 Å². The molecule has 5 fully saturated rings. The van der Waals surface area contributed by atoms with Gasteiger partial charge >= 0.3 is 5.97 Å². The topological polar surface area (TPSA) is 254 Å². The summed E-state index contributed by atoms with van der Waals surface area (Å²) in [7, 11) is 0. The molecule has 1 spiro atoms. The first kappa shape index (κ1) is 61.3. The Morgan fingerprint density at radius 3 is 1.92 bits per heavy atom. The Kier molecular flexibility index (Phi) is 19.0. The number of aliphatic hydroxyl groups is 6. The number of carbonyl (C=O) groups excluding carboxylic acids is 4. The zero-order valence-corrected chi connectivity index (χ0v) is 48.4. The van der Waals surface area contributed by atoms with Crippen molar-refractivity contribution in [1.29, 1.82) is 0 Å². The summed E-state index contributed by atoms with van der Waals surface area (Å²) in [6.07, 6.45) is -0.848. The predicted molar refractivity (Wildman–Crippen MR) is 286 cm³/mol. The average molecular weight is 1100 g/mol. The molecule has 4 aliphatic heterocycles. The Hall–Kier alpha value is -2.78. The highest BCUT2D eigenvalue weighted by atomic mass is 16.7. The van der Waals surface area contributed by atoms with E-state index >= 15 is 9.59 Å². The summed E-state index contributed by atoms with van der Waals surface area (Å²) in [5.74, 6) is -7.72. The van der Waals surface area contributed by atoms with Crippen LogP contribution in [-0.2, 0) is 52.3 Å². The second kappa shape index (κ2) is 24.2. The van der Waals surface area contributed by atoms with Crippen LogP contribution in [0.2, 0.25) is 0 Å². The molecular formula is C61H94O17. The highest BCUT2D eigenvalue weighted by Gasteiger charge is 2.71. The predicted octanol–water partition coefficient (Wildman–Crippen LogP) is 6.25. The second-order valence-corrected chi connectivity index (χ2v) is 25.7. The van der Waals surface area contributed by atoms with Crippen LogP contribution >= 0.6 is 0 Å². The van der Waals surface area contributed by atoms with Crippen LogP contribution in [0.4, 0.5) is 0 Å². The first-order valence-corrected chi connectivity index (χ1v) is 29.6. The van der Waals surface area contributed by atoms with Gasteiger partial charge < -0.3 is 63.8 Å². The van der Waals surface area contributed by atoms with E-state index in [1.807, 2.05) is 61.5 Å². The van der Waals surface area contributed by atoms with Crippen molar-refractivity contribution in [3.05, 3.63) is 34.9 Å². The van der Waals surface area contributed by atoms with Gasteiger partial charge in [0.25, 0.3) is 0 Å². The van der Waals surface area contributed by atoms with Gasteiger partial charge in [0.2, 0.25) is 0 Å². The standard InChI is InChI=1S/C61H94O17/c1-13-39-20-38(27-62)18-31(5)53(75-48-24-45(67)55(37(11)74-48)77-46-21-40(28-63)54(36(10)73-46)76-47-23-44(66)52(68)35(9)72-47)29(3)16-15-17-59(12)25-32(6)33(7)26-61(59)57(70)49(58(71)78-61)56(69)60(14-2)50(39)30(4)19-41-43(65)22-42(64)34(8)51(41)60/h19-20,25,29,31,33-38,40-41,43-55,62-63,65-68H,13-18,21-24,26-28H2,1-12H3. The fraction of sp³-hybridized carbons (Fsp3) is 0.836. The van der Waals surface area contributed by atoms with Gasteiger partial charge in [0.15, 0.2) is 42.0 Å². The van der Waals surface area contributed by atoms with E-state index in [4.69, 9.17) is 33.2 Å². The van der Waals surface area contributed by atoms with Crippen LogP contribution in [0.1, 0.15) is 154 Å². The zero-order chi connectivity index (χ0) is 57.1. The molecule has 4 aliphatic carbocycles.